The normalized spacial score (nSPS) is 10.8. The summed E-state index contributed by atoms with van der Waals surface area (Å²) in [4.78, 5) is 12.6. The zero-order valence-electron chi connectivity index (χ0n) is 12.1. The minimum Gasteiger partial charge on any atom is -0.508 e. The Labute approximate surface area is 126 Å². The van der Waals surface area contributed by atoms with Crippen molar-refractivity contribution in [1.29, 1.82) is 0 Å². The zero-order chi connectivity index (χ0) is 15.9. The molecule has 0 atom stereocenters. The van der Waals surface area contributed by atoms with Crippen molar-refractivity contribution in [3.05, 3.63) is 52.4 Å². The number of aromatic hydroxyl groups is 2. The molecule has 0 unspecified atom stereocenters. The van der Waals surface area contributed by atoms with E-state index in [1.54, 1.807) is 25.1 Å². The molecular weight excluding hydrogens is 284 g/mol. The van der Waals surface area contributed by atoms with Gasteiger partial charge in [0.1, 0.15) is 17.6 Å². The Morgan fingerprint density at radius 2 is 1.86 bits per heavy atom. The van der Waals surface area contributed by atoms with Crippen LogP contribution in [-0.2, 0) is 0 Å². The summed E-state index contributed by atoms with van der Waals surface area (Å²) >= 11 is 0. The fraction of sp³-hybridized carbons (Fsp3) is 0.118. The number of rotatable bonds is 2. The average molecular weight is 298 g/mol. The summed E-state index contributed by atoms with van der Waals surface area (Å²) in [5, 5.41) is 19.7. The predicted molar refractivity (Wildman–Crippen MR) is 82.5 cm³/mol. The van der Waals surface area contributed by atoms with Crippen molar-refractivity contribution < 1.29 is 19.4 Å². The lowest BCUT2D eigenvalue weighted by Crippen LogP contribution is -2.05. The van der Waals surface area contributed by atoms with E-state index < -0.39 is 0 Å². The summed E-state index contributed by atoms with van der Waals surface area (Å²) in [6.07, 6.45) is 1.37. The number of benzene rings is 2. The molecule has 1 heterocycles. The molecule has 0 bridgehead atoms. The van der Waals surface area contributed by atoms with E-state index in [0.29, 0.717) is 27.7 Å². The van der Waals surface area contributed by atoms with E-state index in [1.165, 1.54) is 25.5 Å². The third-order valence-corrected chi connectivity index (χ3v) is 3.58. The van der Waals surface area contributed by atoms with Crippen LogP contribution in [0.15, 0.2) is 45.8 Å². The summed E-state index contributed by atoms with van der Waals surface area (Å²) in [6.45, 7) is 1.73. The SMILES string of the molecule is COc1cc(-c2coc3cc(C)c(O)cc3c2=O)ccc1O. The third kappa shape index (κ3) is 2.16. The van der Waals surface area contributed by atoms with Gasteiger partial charge in [0.15, 0.2) is 11.5 Å². The topological polar surface area (TPSA) is 79.9 Å². The Morgan fingerprint density at radius 1 is 1.09 bits per heavy atom. The number of hydrogen-bond acceptors (Lipinski definition) is 5. The van der Waals surface area contributed by atoms with Gasteiger partial charge in [0.2, 0.25) is 5.43 Å². The predicted octanol–water partition coefficient (Wildman–Crippen LogP) is 3.19. The first-order chi connectivity index (χ1) is 10.5. The quantitative estimate of drug-likeness (QED) is 0.759. The molecule has 0 saturated heterocycles. The Balaban J connectivity index is 2.26. The van der Waals surface area contributed by atoms with E-state index in [4.69, 9.17) is 9.15 Å². The molecule has 1 aromatic heterocycles. The molecule has 0 aliphatic carbocycles. The van der Waals surface area contributed by atoms with Crippen molar-refractivity contribution in [3.8, 4) is 28.4 Å². The number of phenols is 2. The van der Waals surface area contributed by atoms with E-state index in [-0.39, 0.29) is 22.7 Å². The van der Waals surface area contributed by atoms with Crippen LogP contribution in [0, 0.1) is 6.92 Å². The number of methoxy groups -OCH3 is 1. The lowest BCUT2D eigenvalue weighted by atomic mass is 10.0. The van der Waals surface area contributed by atoms with Gasteiger partial charge in [-0.25, -0.2) is 0 Å². The van der Waals surface area contributed by atoms with Crippen LogP contribution in [0.4, 0.5) is 0 Å². The Hall–Kier alpha value is -2.95. The Morgan fingerprint density at radius 3 is 2.59 bits per heavy atom. The number of hydrogen-bond donors (Lipinski definition) is 2. The summed E-state index contributed by atoms with van der Waals surface area (Å²) in [5.41, 5.74) is 1.67. The minimum absolute atomic E-state index is 0.00954. The number of phenolic OH excluding ortho intramolecular Hbond substituents is 2. The fourth-order valence-electron chi connectivity index (χ4n) is 2.31. The second kappa shape index (κ2) is 5.11. The van der Waals surface area contributed by atoms with Gasteiger partial charge >= 0.3 is 0 Å². The molecule has 0 aliphatic rings. The van der Waals surface area contributed by atoms with Crippen LogP contribution in [0.5, 0.6) is 17.2 Å². The van der Waals surface area contributed by atoms with Crippen molar-refractivity contribution in [1.82, 2.24) is 0 Å². The van der Waals surface area contributed by atoms with E-state index >= 15 is 0 Å². The van der Waals surface area contributed by atoms with Gasteiger partial charge in [0.25, 0.3) is 0 Å². The molecule has 22 heavy (non-hydrogen) atoms. The van der Waals surface area contributed by atoms with Crippen LogP contribution in [0.25, 0.3) is 22.1 Å². The molecule has 112 valence electrons. The molecule has 0 fully saturated rings. The van der Waals surface area contributed by atoms with Crippen molar-refractivity contribution in [2.75, 3.05) is 7.11 Å². The molecule has 5 nitrogen and oxygen atoms in total. The van der Waals surface area contributed by atoms with Gasteiger partial charge < -0.3 is 19.4 Å². The third-order valence-electron chi connectivity index (χ3n) is 3.58. The van der Waals surface area contributed by atoms with Crippen LogP contribution in [0.1, 0.15) is 5.56 Å². The van der Waals surface area contributed by atoms with E-state index in [2.05, 4.69) is 0 Å². The lowest BCUT2D eigenvalue weighted by molar-refractivity contribution is 0.373. The van der Waals surface area contributed by atoms with Gasteiger partial charge in [0.05, 0.1) is 18.1 Å². The van der Waals surface area contributed by atoms with Crippen LogP contribution in [0.2, 0.25) is 0 Å². The zero-order valence-corrected chi connectivity index (χ0v) is 12.1. The number of aryl methyl sites for hydroxylation is 1. The first-order valence-corrected chi connectivity index (χ1v) is 6.63. The van der Waals surface area contributed by atoms with Gasteiger partial charge in [-0.05, 0) is 42.3 Å². The van der Waals surface area contributed by atoms with Gasteiger partial charge in [-0.15, -0.1) is 0 Å². The van der Waals surface area contributed by atoms with Gasteiger partial charge in [-0.2, -0.15) is 0 Å². The molecule has 3 rings (SSSR count). The van der Waals surface area contributed by atoms with Crippen LogP contribution in [0.3, 0.4) is 0 Å². The van der Waals surface area contributed by atoms with Crippen molar-refractivity contribution in [2.45, 2.75) is 6.92 Å². The molecule has 0 aliphatic heterocycles. The molecule has 0 radical (unpaired) electrons. The average Bonchev–Trinajstić information content (AvgIpc) is 2.50. The number of ether oxygens (including phenoxy) is 1. The highest BCUT2D eigenvalue weighted by Crippen LogP contribution is 2.31. The molecule has 5 heteroatoms. The van der Waals surface area contributed by atoms with Crippen LogP contribution >= 0.6 is 0 Å². The minimum atomic E-state index is -0.260. The van der Waals surface area contributed by atoms with Crippen LogP contribution < -0.4 is 10.2 Å². The van der Waals surface area contributed by atoms with Crippen molar-refractivity contribution in [2.24, 2.45) is 0 Å². The molecule has 0 saturated carbocycles. The van der Waals surface area contributed by atoms with Gasteiger partial charge in [0, 0.05) is 0 Å². The Bertz CT molecular complexity index is 924. The standard InChI is InChI=1S/C17H14O5/c1-9-5-15-11(7-14(9)19)17(20)12(8-22-15)10-3-4-13(18)16(6-10)21-2/h3-8,18-19H,1-2H3. The monoisotopic (exact) mass is 298 g/mol. The maximum atomic E-state index is 12.6. The van der Waals surface area contributed by atoms with Crippen LogP contribution in [-0.4, -0.2) is 17.3 Å². The number of fused-ring (bicyclic) bond motifs is 1. The maximum absolute atomic E-state index is 12.6. The van der Waals surface area contributed by atoms with E-state index in [9.17, 15) is 15.0 Å². The highest BCUT2D eigenvalue weighted by Gasteiger charge is 2.13. The van der Waals surface area contributed by atoms with Gasteiger partial charge in [-0.3, -0.25) is 4.79 Å². The first-order valence-electron chi connectivity index (χ1n) is 6.63. The lowest BCUT2D eigenvalue weighted by Gasteiger charge is -2.07. The molecule has 2 N–H and O–H groups in total. The van der Waals surface area contributed by atoms with E-state index in [1.807, 2.05) is 0 Å². The summed E-state index contributed by atoms with van der Waals surface area (Å²) in [5.74, 6) is 0.300. The largest absolute Gasteiger partial charge is 0.508 e. The van der Waals surface area contributed by atoms with Crippen molar-refractivity contribution in [3.63, 3.8) is 0 Å². The molecule has 0 amide bonds. The second-order valence-electron chi connectivity index (χ2n) is 5.00. The highest BCUT2D eigenvalue weighted by atomic mass is 16.5. The van der Waals surface area contributed by atoms with Crippen molar-refractivity contribution >= 4 is 11.0 Å². The molecule has 3 aromatic rings. The van der Waals surface area contributed by atoms with Gasteiger partial charge in [-0.1, -0.05) is 6.07 Å². The molecule has 2 aromatic carbocycles. The highest BCUT2D eigenvalue weighted by molar-refractivity contribution is 5.84. The summed E-state index contributed by atoms with van der Waals surface area (Å²) < 4.78 is 10.5. The molecule has 0 spiro atoms. The summed E-state index contributed by atoms with van der Waals surface area (Å²) in [6, 6.07) is 7.63. The first kappa shape index (κ1) is 14.0. The van der Waals surface area contributed by atoms with E-state index in [0.717, 1.165) is 0 Å². The second-order valence-corrected chi connectivity index (χ2v) is 5.00. The molecular formula is C17H14O5. The Kier molecular flexibility index (Phi) is 3.25. The smallest absolute Gasteiger partial charge is 0.200 e. The summed E-state index contributed by atoms with van der Waals surface area (Å²) in [7, 11) is 1.43. The maximum Gasteiger partial charge on any atom is 0.200 e. The fourth-order valence-corrected chi connectivity index (χ4v) is 2.31.